The van der Waals surface area contributed by atoms with Gasteiger partial charge in [-0.1, -0.05) is 169 Å². The van der Waals surface area contributed by atoms with Gasteiger partial charge in [0.2, 0.25) is 0 Å². The SMILES string of the molecule is CCCCCCCCC(CCCC)OC(=O)CCCCCC(O)CN(CCCO)CCCCCCCC(=O)OC(CCCCCCCC)CCCCCCCC. The van der Waals surface area contributed by atoms with Gasteiger partial charge in [-0.15, -0.1) is 0 Å². The molecule has 0 saturated carbocycles. The zero-order valence-corrected chi connectivity index (χ0v) is 38.0. The van der Waals surface area contributed by atoms with E-state index in [-0.39, 0.29) is 30.8 Å². The summed E-state index contributed by atoms with van der Waals surface area (Å²) in [6.45, 7) is 11.5. The van der Waals surface area contributed by atoms with Crippen LogP contribution in [0.25, 0.3) is 0 Å². The number of aliphatic hydroxyl groups excluding tert-OH is 2. The van der Waals surface area contributed by atoms with E-state index in [0.717, 1.165) is 116 Å². The van der Waals surface area contributed by atoms with Crippen molar-refractivity contribution in [2.75, 3.05) is 26.2 Å². The topological polar surface area (TPSA) is 96.3 Å². The van der Waals surface area contributed by atoms with Crippen molar-refractivity contribution in [2.24, 2.45) is 0 Å². The summed E-state index contributed by atoms with van der Waals surface area (Å²) in [7, 11) is 0. The number of nitrogens with zero attached hydrogens (tertiary/aromatic N) is 1. The van der Waals surface area contributed by atoms with Crippen molar-refractivity contribution in [1.29, 1.82) is 0 Å². The molecule has 0 fully saturated rings. The lowest BCUT2D eigenvalue weighted by molar-refractivity contribution is -0.151. The van der Waals surface area contributed by atoms with Crippen LogP contribution in [0, 0.1) is 0 Å². The Morgan fingerprint density at radius 2 is 0.768 bits per heavy atom. The Bertz CT molecular complexity index is 808. The van der Waals surface area contributed by atoms with Crippen LogP contribution in [-0.2, 0) is 19.1 Å². The van der Waals surface area contributed by atoms with E-state index in [9.17, 15) is 19.8 Å². The fourth-order valence-electron chi connectivity index (χ4n) is 7.84. The molecular formula is C49H97NO6. The second kappa shape index (κ2) is 43.4. The van der Waals surface area contributed by atoms with Crippen molar-refractivity contribution in [3.63, 3.8) is 0 Å². The van der Waals surface area contributed by atoms with E-state index in [2.05, 4.69) is 32.6 Å². The maximum absolute atomic E-state index is 12.8. The second-order valence-electron chi connectivity index (χ2n) is 17.2. The molecule has 0 aromatic carbocycles. The lowest BCUT2D eigenvalue weighted by Gasteiger charge is -2.25. The number of hydrogen-bond acceptors (Lipinski definition) is 7. The van der Waals surface area contributed by atoms with E-state index in [1.165, 1.54) is 109 Å². The highest BCUT2D eigenvalue weighted by Gasteiger charge is 2.16. The van der Waals surface area contributed by atoms with Gasteiger partial charge >= 0.3 is 11.9 Å². The van der Waals surface area contributed by atoms with Gasteiger partial charge in [-0.05, 0) is 83.6 Å². The predicted molar refractivity (Wildman–Crippen MR) is 238 cm³/mol. The van der Waals surface area contributed by atoms with Crippen LogP contribution in [0.4, 0.5) is 0 Å². The highest BCUT2D eigenvalue weighted by molar-refractivity contribution is 5.69. The summed E-state index contributed by atoms with van der Waals surface area (Å²) in [6, 6.07) is 0. The summed E-state index contributed by atoms with van der Waals surface area (Å²) in [4.78, 5) is 27.7. The molecule has 2 N–H and O–H groups in total. The summed E-state index contributed by atoms with van der Waals surface area (Å²) < 4.78 is 11.9. The molecule has 0 aliphatic rings. The molecule has 0 heterocycles. The molecule has 2 atom stereocenters. The summed E-state index contributed by atoms with van der Waals surface area (Å²) in [5.41, 5.74) is 0. The summed E-state index contributed by atoms with van der Waals surface area (Å²) in [5.74, 6) is -0.0649. The molecule has 0 aliphatic carbocycles. The minimum absolute atomic E-state index is 0.00841. The fraction of sp³-hybridized carbons (Fsp3) is 0.959. The van der Waals surface area contributed by atoms with Gasteiger partial charge in [0.25, 0.3) is 0 Å². The van der Waals surface area contributed by atoms with Crippen molar-refractivity contribution in [3.05, 3.63) is 0 Å². The zero-order chi connectivity index (χ0) is 41.2. The number of esters is 2. The molecule has 7 nitrogen and oxygen atoms in total. The minimum atomic E-state index is -0.395. The molecule has 0 bridgehead atoms. The normalized spacial score (nSPS) is 12.8. The molecular weight excluding hydrogens is 699 g/mol. The Kier molecular flexibility index (Phi) is 42.5. The first-order valence-electron chi connectivity index (χ1n) is 24.8. The molecule has 2 unspecified atom stereocenters. The molecule has 0 rings (SSSR count). The van der Waals surface area contributed by atoms with Crippen molar-refractivity contribution >= 4 is 11.9 Å². The highest BCUT2D eigenvalue weighted by Crippen LogP contribution is 2.20. The molecule has 0 aliphatic heterocycles. The molecule has 0 aromatic heterocycles. The van der Waals surface area contributed by atoms with E-state index in [1.54, 1.807) is 0 Å². The van der Waals surface area contributed by atoms with E-state index in [1.807, 2.05) is 0 Å². The third kappa shape index (κ3) is 38.3. The number of carbonyl (C=O) groups excluding carboxylic acids is 2. The van der Waals surface area contributed by atoms with Crippen LogP contribution in [0.3, 0.4) is 0 Å². The average molecular weight is 796 g/mol. The number of ether oxygens (including phenoxy) is 2. The zero-order valence-electron chi connectivity index (χ0n) is 38.0. The standard InChI is InChI=1S/C49H97NO6/c1-5-9-13-16-20-27-36-46(35-12-8-4)55-49(54)40-31-25-26-34-45(52)44-50(42-33-43-51)41-32-24-19-23-30-39-48(53)56-47(37-28-21-17-14-10-6-2)38-29-22-18-15-11-7-3/h45-47,51-52H,5-44H2,1-4H3. The molecule has 334 valence electrons. The van der Waals surface area contributed by atoms with Gasteiger partial charge in [0.05, 0.1) is 6.10 Å². The monoisotopic (exact) mass is 796 g/mol. The van der Waals surface area contributed by atoms with Crippen LogP contribution in [0.2, 0.25) is 0 Å². The van der Waals surface area contributed by atoms with Crippen molar-refractivity contribution in [3.8, 4) is 0 Å². The van der Waals surface area contributed by atoms with E-state index >= 15 is 0 Å². The Morgan fingerprint density at radius 1 is 0.429 bits per heavy atom. The van der Waals surface area contributed by atoms with Gasteiger partial charge in [-0.25, -0.2) is 0 Å². The van der Waals surface area contributed by atoms with Crippen LogP contribution in [0.5, 0.6) is 0 Å². The molecule has 0 radical (unpaired) electrons. The van der Waals surface area contributed by atoms with E-state index < -0.39 is 6.10 Å². The van der Waals surface area contributed by atoms with Crippen molar-refractivity contribution in [1.82, 2.24) is 4.90 Å². The van der Waals surface area contributed by atoms with Crippen LogP contribution in [-0.4, -0.2) is 71.6 Å². The lowest BCUT2D eigenvalue weighted by Crippen LogP contribution is -2.34. The quantitative estimate of drug-likeness (QED) is 0.0468. The highest BCUT2D eigenvalue weighted by atomic mass is 16.5. The summed E-state index contributed by atoms with van der Waals surface area (Å²) in [6.07, 6.45) is 39.1. The molecule has 0 saturated heterocycles. The number of carbonyl (C=O) groups is 2. The Morgan fingerprint density at radius 3 is 1.21 bits per heavy atom. The summed E-state index contributed by atoms with van der Waals surface area (Å²) in [5, 5.41) is 20.3. The smallest absolute Gasteiger partial charge is 0.306 e. The van der Waals surface area contributed by atoms with E-state index in [4.69, 9.17) is 9.47 Å². The molecule has 0 amide bonds. The Hall–Kier alpha value is -1.18. The van der Waals surface area contributed by atoms with E-state index in [0.29, 0.717) is 25.8 Å². The molecule has 0 spiro atoms. The Balaban J connectivity index is 4.31. The van der Waals surface area contributed by atoms with Crippen LogP contribution < -0.4 is 0 Å². The maximum atomic E-state index is 12.8. The fourth-order valence-corrected chi connectivity index (χ4v) is 7.84. The van der Waals surface area contributed by atoms with Crippen LogP contribution >= 0.6 is 0 Å². The average Bonchev–Trinajstić information content (AvgIpc) is 3.18. The van der Waals surface area contributed by atoms with Gasteiger partial charge < -0.3 is 24.6 Å². The van der Waals surface area contributed by atoms with Gasteiger partial charge in [-0.2, -0.15) is 0 Å². The number of unbranched alkanes of at least 4 members (excludes halogenated alkanes) is 22. The first kappa shape index (κ1) is 54.8. The molecule has 56 heavy (non-hydrogen) atoms. The molecule has 7 heteroatoms. The third-order valence-corrected chi connectivity index (χ3v) is 11.5. The maximum Gasteiger partial charge on any atom is 0.306 e. The van der Waals surface area contributed by atoms with Crippen LogP contribution in [0.15, 0.2) is 0 Å². The number of aliphatic hydroxyl groups is 2. The number of hydrogen-bond donors (Lipinski definition) is 2. The van der Waals surface area contributed by atoms with Gasteiger partial charge in [-0.3, -0.25) is 9.59 Å². The number of rotatable bonds is 45. The lowest BCUT2D eigenvalue weighted by atomic mass is 10.0. The first-order valence-corrected chi connectivity index (χ1v) is 24.8. The van der Waals surface area contributed by atoms with Crippen molar-refractivity contribution in [2.45, 2.75) is 277 Å². The van der Waals surface area contributed by atoms with Crippen molar-refractivity contribution < 1.29 is 29.3 Å². The predicted octanol–water partition coefficient (Wildman–Crippen LogP) is 13.6. The van der Waals surface area contributed by atoms with Gasteiger partial charge in [0, 0.05) is 32.5 Å². The van der Waals surface area contributed by atoms with Gasteiger partial charge in [0.15, 0.2) is 0 Å². The van der Waals surface area contributed by atoms with Crippen LogP contribution in [0.1, 0.15) is 259 Å². The minimum Gasteiger partial charge on any atom is -0.462 e. The second-order valence-corrected chi connectivity index (χ2v) is 17.2. The molecule has 0 aromatic rings. The van der Waals surface area contributed by atoms with Gasteiger partial charge in [0.1, 0.15) is 12.2 Å². The first-order chi connectivity index (χ1) is 27.4. The summed E-state index contributed by atoms with van der Waals surface area (Å²) >= 11 is 0. The Labute approximate surface area is 348 Å². The third-order valence-electron chi connectivity index (χ3n) is 11.5. The largest absolute Gasteiger partial charge is 0.462 e.